The van der Waals surface area contributed by atoms with E-state index in [1.54, 1.807) is 23.1 Å². The van der Waals surface area contributed by atoms with Crippen LogP contribution in [0.3, 0.4) is 0 Å². The molecule has 1 aromatic rings. The SMILES string of the molecule is Nc1ccc(C(=O)N2CCNCC2)c(Cl)c1. The number of piperazine rings is 1. The van der Waals surface area contributed by atoms with Gasteiger partial charge in [0, 0.05) is 31.9 Å². The van der Waals surface area contributed by atoms with Gasteiger partial charge < -0.3 is 16.0 Å². The molecule has 0 atom stereocenters. The molecule has 16 heavy (non-hydrogen) atoms. The topological polar surface area (TPSA) is 58.4 Å². The first kappa shape index (κ1) is 11.2. The van der Waals surface area contributed by atoms with E-state index in [0.717, 1.165) is 26.2 Å². The monoisotopic (exact) mass is 239 g/mol. The summed E-state index contributed by atoms with van der Waals surface area (Å²) in [4.78, 5) is 13.9. The number of rotatable bonds is 1. The second kappa shape index (κ2) is 4.72. The number of nitrogens with two attached hydrogens (primary N) is 1. The molecule has 1 aromatic carbocycles. The lowest BCUT2D eigenvalue weighted by Crippen LogP contribution is -2.46. The van der Waals surface area contributed by atoms with E-state index in [1.165, 1.54) is 0 Å². The van der Waals surface area contributed by atoms with Crippen molar-refractivity contribution in [1.29, 1.82) is 0 Å². The molecule has 0 spiro atoms. The quantitative estimate of drug-likeness (QED) is 0.718. The third-order valence-electron chi connectivity index (χ3n) is 2.63. The minimum Gasteiger partial charge on any atom is -0.399 e. The molecule has 86 valence electrons. The Morgan fingerprint density at radius 1 is 1.38 bits per heavy atom. The summed E-state index contributed by atoms with van der Waals surface area (Å²) in [5.41, 5.74) is 6.68. The summed E-state index contributed by atoms with van der Waals surface area (Å²) in [6.45, 7) is 3.11. The highest BCUT2D eigenvalue weighted by Gasteiger charge is 2.19. The van der Waals surface area contributed by atoms with Crippen molar-refractivity contribution >= 4 is 23.2 Å². The Balaban J connectivity index is 2.19. The van der Waals surface area contributed by atoms with Gasteiger partial charge in [0.2, 0.25) is 0 Å². The fourth-order valence-corrected chi connectivity index (χ4v) is 2.01. The summed E-state index contributed by atoms with van der Waals surface area (Å²) in [5.74, 6) is -0.0218. The Morgan fingerprint density at radius 2 is 2.06 bits per heavy atom. The van der Waals surface area contributed by atoms with Crippen molar-refractivity contribution in [3.63, 3.8) is 0 Å². The Kier molecular flexibility index (Phi) is 3.31. The average Bonchev–Trinajstić information content (AvgIpc) is 2.29. The molecule has 0 aliphatic carbocycles. The number of nitrogen functional groups attached to an aromatic ring is 1. The maximum atomic E-state index is 12.1. The molecule has 3 N–H and O–H groups in total. The second-order valence-electron chi connectivity index (χ2n) is 3.78. The molecule has 1 aliphatic heterocycles. The number of halogens is 1. The van der Waals surface area contributed by atoms with E-state index in [0.29, 0.717) is 16.3 Å². The fourth-order valence-electron chi connectivity index (χ4n) is 1.74. The van der Waals surface area contributed by atoms with Gasteiger partial charge >= 0.3 is 0 Å². The van der Waals surface area contributed by atoms with E-state index >= 15 is 0 Å². The Labute approximate surface area is 99.4 Å². The van der Waals surface area contributed by atoms with Crippen molar-refractivity contribution in [3.05, 3.63) is 28.8 Å². The van der Waals surface area contributed by atoms with Gasteiger partial charge in [-0.3, -0.25) is 4.79 Å². The Bertz CT molecular complexity index is 402. The van der Waals surface area contributed by atoms with Gasteiger partial charge in [-0.2, -0.15) is 0 Å². The number of carbonyl (C=O) groups is 1. The van der Waals surface area contributed by atoms with Gasteiger partial charge in [0.05, 0.1) is 10.6 Å². The number of amides is 1. The molecular weight excluding hydrogens is 226 g/mol. The van der Waals surface area contributed by atoms with Crippen molar-refractivity contribution in [2.45, 2.75) is 0 Å². The van der Waals surface area contributed by atoms with Crippen LogP contribution < -0.4 is 11.1 Å². The molecule has 1 fully saturated rings. The predicted molar refractivity (Wildman–Crippen MR) is 64.6 cm³/mol. The summed E-state index contributed by atoms with van der Waals surface area (Å²) in [5, 5.41) is 3.62. The lowest BCUT2D eigenvalue weighted by Gasteiger charge is -2.27. The smallest absolute Gasteiger partial charge is 0.255 e. The summed E-state index contributed by atoms with van der Waals surface area (Å²) >= 11 is 6.00. The van der Waals surface area contributed by atoms with Crippen molar-refractivity contribution in [2.24, 2.45) is 0 Å². The second-order valence-corrected chi connectivity index (χ2v) is 4.19. The number of nitrogens with one attached hydrogen (secondary N) is 1. The molecule has 0 radical (unpaired) electrons. The third kappa shape index (κ3) is 2.28. The van der Waals surface area contributed by atoms with Crippen LogP contribution >= 0.6 is 11.6 Å². The zero-order valence-electron chi connectivity index (χ0n) is 8.87. The summed E-state index contributed by atoms with van der Waals surface area (Å²) in [7, 11) is 0. The van der Waals surface area contributed by atoms with Gasteiger partial charge in [0.25, 0.3) is 5.91 Å². The number of hydrogen-bond donors (Lipinski definition) is 2. The zero-order chi connectivity index (χ0) is 11.5. The van der Waals surface area contributed by atoms with Crippen LogP contribution in [0.25, 0.3) is 0 Å². The Morgan fingerprint density at radius 3 is 2.69 bits per heavy atom. The Hall–Kier alpha value is -1.26. The third-order valence-corrected chi connectivity index (χ3v) is 2.94. The summed E-state index contributed by atoms with van der Waals surface area (Å²) < 4.78 is 0. The lowest BCUT2D eigenvalue weighted by atomic mass is 10.1. The van der Waals surface area contributed by atoms with E-state index in [-0.39, 0.29) is 5.91 Å². The number of carbonyl (C=O) groups excluding carboxylic acids is 1. The van der Waals surface area contributed by atoms with Crippen LogP contribution in [0, 0.1) is 0 Å². The van der Waals surface area contributed by atoms with Gasteiger partial charge in [0.1, 0.15) is 0 Å². The maximum Gasteiger partial charge on any atom is 0.255 e. The molecule has 0 aromatic heterocycles. The first-order chi connectivity index (χ1) is 7.68. The molecular formula is C11H14ClN3O. The molecule has 1 heterocycles. The van der Waals surface area contributed by atoms with Crippen LogP contribution in [-0.4, -0.2) is 37.0 Å². The van der Waals surface area contributed by atoms with Crippen molar-refractivity contribution < 1.29 is 4.79 Å². The standard InChI is InChI=1S/C11H14ClN3O/c12-10-7-8(13)1-2-9(10)11(16)15-5-3-14-4-6-15/h1-2,7,14H,3-6,13H2. The first-order valence-corrected chi connectivity index (χ1v) is 5.61. The van der Waals surface area contributed by atoms with Gasteiger partial charge in [-0.25, -0.2) is 0 Å². The average molecular weight is 240 g/mol. The van der Waals surface area contributed by atoms with Crippen LogP contribution in [0.5, 0.6) is 0 Å². The van der Waals surface area contributed by atoms with Crippen LogP contribution in [0.15, 0.2) is 18.2 Å². The molecule has 2 rings (SSSR count). The molecule has 1 saturated heterocycles. The maximum absolute atomic E-state index is 12.1. The minimum atomic E-state index is -0.0218. The van der Waals surface area contributed by atoms with E-state index in [4.69, 9.17) is 17.3 Å². The first-order valence-electron chi connectivity index (χ1n) is 5.23. The fraction of sp³-hybridized carbons (Fsp3) is 0.364. The van der Waals surface area contributed by atoms with Gasteiger partial charge in [-0.1, -0.05) is 11.6 Å². The molecule has 4 nitrogen and oxygen atoms in total. The van der Waals surface area contributed by atoms with E-state index < -0.39 is 0 Å². The van der Waals surface area contributed by atoms with E-state index in [9.17, 15) is 4.79 Å². The van der Waals surface area contributed by atoms with Crippen molar-refractivity contribution in [3.8, 4) is 0 Å². The van der Waals surface area contributed by atoms with E-state index in [1.807, 2.05) is 0 Å². The van der Waals surface area contributed by atoms with Crippen LogP contribution in [0.2, 0.25) is 5.02 Å². The van der Waals surface area contributed by atoms with Crippen LogP contribution in [0.1, 0.15) is 10.4 Å². The van der Waals surface area contributed by atoms with E-state index in [2.05, 4.69) is 5.32 Å². The van der Waals surface area contributed by atoms with Crippen LogP contribution in [0.4, 0.5) is 5.69 Å². The highest BCUT2D eigenvalue weighted by atomic mass is 35.5. The molecule has 5 heteroatoms. The molecule has 1 amide bonds. The summed E-state index contributed by atoms with van der Waals surface area (Å²) in [6.07, 6.45) is 0. The number of benzene rings is 1. The number of hydrogen-bond acceptors (Lipinski definition) is 3. The molecule has 1 aliphatic rings. The molecule has 0 unspecified atom stereocenters. The van der Waals surface area contributed by atoms with Crippen molar-refractivity contribution in [1.82, 2.24) is 10.2 Å². The predicted octanol–water partition coefficient (Wildman–Crippen LogP) is 0.968. The van der Waals surface area contributed by atoms with Gasteiger partial charge in [-0.15, -0.1) is 0 Å². The van der Waals surface area contributed by atoms with Gasteiger partial charge in [-0.05, 0) is 18.2 Å². The molecule has 0 saturated carbocycles. The van der Waals surface area contributed by atoms with Crippen LogP contribution in [-0.2, 0) is 0 Å². The minimum absolute atomic E-state index is 0.0218. The molecule has 0 bridgehead atoms. The normalized spacial score (nSPS) is 16.2. The van der Waals surface area contributed by atoms with Crippen molar-refractivity contribution in [2.75, 3.05) is 31.9 Å². The lowest BCUT2D eigenvalue weighted by molar-refractivity contribution is 0.0736. The largest absolute Gasteiger partial charge is 0.399 e. The highest BCUT2D eigenvalue weighted by molar-refractivity contribution is 6.34. The number of nitrogens with zero attached hydrogens (tertiary/aromatic N) is 1. The highest BCUT2D eigenvalue weighted by Crippen LogP contribution is 2.20. The van der Waals surface area contributed by atoms with Gasteiger partial charge in [0.15, 0.2) is 0 Å². The number of anilines is 1. The summed E-state index contributed by atoms with van der Waals surface area (Å²) in [6, 6.07) is 4.99. The zero-order valence-corrected chi connectivity index (χ0v) is 9.63.